The van der Waals surface area contributed by atoms with Crippen molar-refractivity contribution < 1.29 is 8.42 Å². The number of benzene rings is 1. The van der Waals surface area contributed by atoms with Gasteiger partial charge in [-0.2, -0.15) is 4.31 Å². The lowest BCUT2D eigenvalue weighted by Gasteiger charge is -2.32. The van der Waals surface area contributed by atoms with Gasteiger partial charge in [0.25, 0.3) is 0 Å². The van der Waals surface area contributed by atoms with E-state index in [0.717, 1.165) is 56.7 Å². The van der Waals surface area contributed by atoms with Gasteiger partial charge >= 0.3 is 0 Å². The molecule has 6 nitrogen and oxygen atoms in total. The van der Waals surface area contributed by atoms with E-state index in [9.17, 15) is 8.42 Å². The molecule has 2 aliphatic heterocycles. The van der Waals surface area contributed by atoms with Gasteiger partial charge in [-0.25, -0.2) is 18.4 Å². The summed E-state index contributed by atoms with van der Waals surface area (Å²) in [6, 6.07) is 10.3. The molecule has 1 fully saturated rings. The standard InChI is InChI=1S/C22H30N4O2S/c1-3-29(27,28)26-15-8-12-20(26)21-23-17(2)19-11-7-14-25(22(19)24-21)16-13-18-9-5-4-6-10-18/h4-6,9-10,20H,3,7-8,11-16H2,1-2H3/t20-/m1/s1. The Morgan fingerprint density at radius 3 is 2.66 bits per heavy atom. The molecule has 0 radical (unpaired) electrons. The number of anilines is 1. The Kier molecular flexibility index (Phi) is 5.88. The minimum atomic E-state index is -3.25. The van der Waals surface area contributed by atoms with Gasteiger partial charge in [0, 0.05) is 30.9 Å². The lowest BCUT2D eigenvalue weighted by atomic mass is 10.0. The Morgan fingerprint density at radius 2 is 1.90 bits per heavy atom. The van der Waals surface area contributed by atoms with Crippen LogP contribution in [0.4, 0.5) is 5.82 Å². The van der Waals surface area contributed by atoms with Crippen LogP contribution in [0.5, 0.6) is 0 Å². The molecule has 0 spiro atoms. The molecule has 1 aromatic heterocycles. The lowest BCUT2D eigenvalue weighted by Crippen LogP contribution is -2.35. The molecule has 2 aliphatic rings. The fraction of sp³-hybridized carbons (Fsp3) is 0.545. The molecule has 2 aromatic rings. The first-order valence-electron chi connectivity index (χ1n) is 10.7. The van der Waals surface area contributed by atoms with Crippen molar-refractivity contribution in [1.82, 2.24) is 14.3 Å². The highest BCUT2D eigenvalue weighted by Crippen LogP contribution is 2.35. The van der Waals surface area contributed by atoms with Gasteiger partial charge in [0.15, 0.2) is 0 Å². The van der Waals surface area contributed by atoms with Crippen molar-refractivity contribution >= 4 is 15.8 Å². The van der Waals surface area contributed by atoms with Crippen molar-refractivity contribution in [3.05, 3.63) is 53.0 Å². The van der Waals surface area contributed by atoms with Crippen LogP contribution in [-0.4, -0.2) is 48.1 Å². The Morgan fingerprint density at radius 1 is 1.10 bits per heavy atom. The minimum absolute atomic E-state index is 0.122. The van der Waals surface area contributed by atoms with Gasteiger partial charge in [-0.3, -0.25) is 0 Å². The van der Waals surface area contributed by atoms with E-state index in [1.54, 1.807) is 11.2 Å². The van der Waals surface area contributed by atoms with E-state index in [-0.39, 0.29) is 11.8 Å². The zero-order valence-electron chi connectivity index (χ0n) is 17.3. The smallest absolute Gasteiger partial charge is 0.214 e. The van der Waals surface area contributed by atoms with Crippen LogP contribution in [0.25, 0.3) is 0 Å². The predicted molar refractivity (Wildman–Crippen MR) is 116 cm³/mol. The molecule has 29 heavy (non-hydrogen) atoms. The zero-order valence-corrected chi connectivity index (χ0v) is 18.2. The van der Waals surface area contributed by atoms with Crippen LogP contribution >= 0.6 is 0 Å². The molecule has 1 atom stereocenters. The molecule has 7 heteroatoms. The molecule has 0 bridgehead atoms. The van der Waals surface area contributed by atoms with E-state index in [0.29, 0.717) is 12.4 Å². The number of nitrogens with zero attached hydrogens (tertiary/aromatic N) is 4. The van der Waals surface area contributed by atoms with Gasteiger partial charge in [0.1, 0.15) is 11.6 Å². The van der Waals surface area contributed by atoms with Crippen LogP contribution in [0.3, 0.4) is 0 Å². The molecule has 0 aliphatic carbocycles. The molecule has 1 saturated heterocycles. The van der Waals surface area contributed by atoms with Crippen molar-refractivity contribution in [2.45, 2.75) is 52.0 Å². The second-order valence-electron chi connectivity index (χ2n) is 7.96. The second kappa shape index (κ2) is 8.40. The van der Waals surface area contributed by atoms with Gasteiger partial charge in [-0.1, -0.05) is 30.3 Å². The van der Waals surface area contributed by atoms with Crippen molar-refractivity contribution in [3.63, 3.8) is 0 Å². The summed E-state index contributed by atoms with van der Waals surface area (Å²) in [5, 5.41) is 0. The van der Waals surface area contributed by atoms with Crippen LogP contribution in [0, 0.1) is 6.92 Å². The highest BCUT2D eigenvalue weighted by Gasteiger charge is 2.37. The largest absolute Gasteiger partial charge is 0.356 e. The van der Waals surface area contributed by atoms with E-state index in [2.05, 4.69) is 29.2 Å². The van der Waals surface area contributed by atoms with E-state index in [1.807, 2.05) is 13.0 Å². The highest BCUT2D eigenvalue weighted by atomic mass is 32.2. The first-order chi connectivity index (χ1) is 14.0. The number of aryl methyl sites for hydroxylation is 1. The van der Waals surface area contributed by atoms with Crippen molar-refractivity contribution in [2.75, 3.05) is 30.3 Å². The maximum absolute atomic E-state index is 12.5. The van der Waals surface area contributed by atoms with Crippen LogP contribution in [0.1, 0.15) is 54.9 Å². The van der Waals surface area contributed by atoms with E-state index in [1.165, 1.54) is 11.1 Å². The number of hydrogen-bond donors (Lipinski definition) is 0. The van der Waals surface area contributed by atoms with Gasteiger partial charge < -0.3 is 4.90 Å². The SMILES string of the molecule is CCS(=O)(=O)N1CCC[C@@H]1c1nc(C)c2c(n1)N(CCc1ccccc1)CCC2. The molecule has 4 rings (SSSR count). The maximum atomic E-state index is 12.5. The Balaban J connectivity index is 1.63. The molecule has 0 N–H and O–H groups in total. The predicted octanol–water partition coefficient (Wildman–Crippen LogP) is 3.27. The van der Waals surface area contributed by atoms with Crippen LogP contribution in [0.15, 0.2) is 30.3 Å². The van der Waals surface area contributed by atoms with Crippen molar-refractivity contribution in [2.24, 2.45) is 0 Å². The summed E-state index contributed by atoms with van der Waals surface area (Å²) in [6.45, 7) is 6.21. The molecule has 0 amide bonds. The Labute approximate surface area is 174 Å². The molecule has 3 heterocycles. The maximum Gasteiger partial charge on any atom is 0.214 e. The number of aromatic nitrogens is 2. The molecule has 156 valence electrons. The Hall–Kier alpha value is -1.99. The average Bonchev–Trinajstić information content (AvgIpc) is 3.24. The normalized spacial score (nSPS) is 20.1. The summed E-state index contributed by atoms with van der Waals surface area (Å²) < 4.78 is 26.7. The fourth-order valence-electron chi connectivity index (χ4n) is 4.48. The van der Waals surface area contributed by atoms with Gasteiger partial charge in [0.05, 0.1) is 11.8 Å². The third-order valence-corrected chi connectivity index (χ3v) is 7.98. The van der Waals surface area contributed by atoms with Crippen LogP contribution in [0.2, 0.25) is 0 Å². The number of rotatable bonds is 6. The zero-order chi connectivity index (χ0) is 20.4. The third-order valence-electron chi connectivity index (χ3n) is 6.10. The average molecular weight is 415 g/mol. The highest BCUT2D eigenvalue weighted by molar-refractivity contribution is 7.89. The fourth-order valence-corrected chi connectivity index (χ4v) is 5.81. The number of fused-ring (bicyclic) bond motifs is 1. The van der Waals surface area contributed by atoms with Gasteiger partial charge in [-0.15, -0.1) is 0 Å². The second-order valence-corrected chi connectivity index (χ2v) is 10.2. The molecular weight excluding hydrogens is 384 g/mol. The topological polar surface area (TPSA) is 66.4 Å². The van der Waals surface area contributed by atoms with E-state index >= 15 is 0 Å². The van der Waals surface area contributed by atoms with Crippen molar-refractivity contribution in [3.8, 4) is 0 Å². The first-order valence-corrected chi connectivity index (χ1v) is 12.3. The molecule has 0 saturated carbocycles. The van der Waals surface area contributed by atoms with Gasteiger partial charge in [0.2, 0.25) is 10.0 Å². The third kappa shape index (κ3) is 4.16. The summed E-state index contributed by atoms with van der Waals surface area (Å²) in [7, 11) is -3.25. The summed E-state index contributed by atoms with van der Waals surface area (Å²) in [6.07, 6.45) is 4.72. The summed E-state index contributed by atoms with van der Waals surface area (Å²) >= 11 is 0. The number of hydrogen-bond acceptors (Lipinski definition) is 5. The minimum Gasteiger partial charge on any atom is -0.356 e. The summed E-state index contributed by atoms with van der Waals surface area (Å²) in [5.74, 6) is 1.80. The molecule has 1 aromatic carbocycles. The molecular formula is C22H30N4O2S. The van der Waals surface area contributed by atoms with Crippen molar-refractivity contribution in [1.29, 1.82) is 0 Å². The summed E-state index contributed by atoms with van der Waals surface area (Å²) in [5.41, 5.74) is 3.53. The van der Waals surface area contributed by atoms with E-state index in [4.69, 9.17) is 9.97 Å². The molecule has 0 unspecified atom stereocenters. The number of sulfonamides is 1. The van der Waals surface area contributed by atoms with E-state index < -0.39 is 10.0 Å². The summed E-state index contributed by atoms with van der Waals surface area (Å²) in [4.78, 5) is 12.1. The Bertz CT molecular complexity index is 962. The van der Waals surface area contributed by atoms with Crippen LogP contribution in [-0.2, 0) is 22.9 Å². The van der Waals surface area contributed by atoms with Gasteiger partial charge in [-0.05, 0) is 51.5 Å². The van der Waals surface area contributed by atoms with Crippen LogP contribution < -0.4 is 4.90 Å². The lowest BCUT2D eigenvalue weighted by molar-refractivity contribution is 0.383. The first kappa shape index (κ1) is 20.3. The monoisotopic (exact) mass is 414 g/mol. The quantitative estimate of drug-likeness (QED) is 0.726.